The van der Waals surface area contributed by atoms with Crippen LogP contribution in [0, 0.1) is 0 Å². The van der Waals surface area contributed by atoms with Gasteiger partial charge in [-0.3, -0.25) is 9.79 Å². The van der Waals surface area contributed by atoms with E-state index in [1.807, 2.05) is 18.7 Å². The van der Waals surface area contributed by atoms with Crippen molar-refractivity contribution in [3.8, 4) is 0 Å². The second kappa shape index (κ2) is 7.92. The van der Waals surface area contributed by atoms with E-state index in [0.29, 0.717) is 25.3 Å². The van der Waals surface area contributed by atoms with E-state index in [1.54, 1.807) is 0 Å². The molecule has 0 aromatic carbocycles. The summed E-state index contributed by atoms with van der Waals surface area (Å²) in [5, 5.41) is 8.56. The van der Waals surface area contributed by atoms with Gasteiger partial charge in [-0.05, 0) is 26.7 Å². The number of aliphatic imine (C=N–C) groups is 1. The van der Waals surface area contributed by atoms with E-state index < -0.39 is 12.0 Å². The van der Waals surface area contributed by atoms with Gasteiger partial charge in [-0.25, -0.2) is 0 Å². The number of carbonyl (C=O) groups is 1. The van der Waals surface area contributed by atoms with Crippen molar-refractivity contribution >= 4 is 11.9 Å². The second-order valence-electron chi connectivity index (χ2n) is 3.50. The Hall–Kier alpha value is -1.30. The normalized spacial score (nSPS) is 13.6. The summed E-state index contributed by atoms with van der Waals surface area (Å²) in [4.78, 5) is 16.5. The molecule has 0 aliphatic rings. The van der Waals surface area contributed by atoms with E-state index in [1.165, 1.54) is 0 Å². The molecule has 6 nitrogen and oxygen atoms in total. The van der Waals surface area contributed by atoms with Crippen LogP contribution in [0.4, 0.5) is 0 Å². The Bertz CT molecular complexity index is 239. The molecule has 0 radical (unpaired) electrons. The van der Waals surface area contributed by atoms with Crippen molar-refractivity contribution < 1.29 is 9.90 Å². The predicted molar refractivity (Wildman–Crippen MR) is 64.3 cm³/mol. The third-order valence-electron chi connectivity index (χ3n) is 2.35. The first-order valence-electron chi connectivity index (χ1n) is 5.56. The zero-order chi connectivity index (χ0) is 12.6. The number of nitrogens with zero attached hydrogens (tertiary/aromatic N) is 2. The molecule has 0 aliphatic heterocycles. The number of carboxylic acids is 1. The first-order valence-corrected chi connectivity index (χ1v) is 5.56. The highest BCUT2D eigenvalue weighted by molar-refractivity contribution is 5.78. The summed E-state index contributed by atoms with van der Waals surface area (Å²) < 4.78 is 0. The van der Waals surface area contributed by atoms with Gasteiger partial charge in [-0.2, -0.15) is 0 Å². The van der Waals surface area contributed by atoms with Crippen molar-refractivity contribution in [2.45, 2.75) is 32.7 Å². The molecular formula is C10H22N4O2. The van der Waals surface area contributed by atoms with Gasteiger partial charge in [0.25, 0.3) is 0 Å². The lowest BCUT2D eigenvalue weighted by molar-refractivity contribution is -0.138. The molecule has 0 aromatic rings. The van der Waals surface area contributed by atoms with E-state index in [0.717, 1.165) is 13.1 Å². The minimum absolute atomic E-state index is 0.421. The van der Waals surface area contributed by atoms with Crippen molar-refractivity contribution in [2.75, 3.05) is 19.6 Å². The molecule has 0 amide bonds. The summed E-state index contributed by atoms with van der Waals surface area (Å²) in [6.45, 7) is 6.17. The number of guanidine groups is 1. The van der Waals surface area contributed by atoms with Crippen LogP contribution in [0.25, 0.3) is 0 Å². The van der Waals surface area contributed by atoms with E-state index in [-0.39, 0.29) is 0 Å². The van der Waals surface area contributed by atoms with Gasteiger partial charge in [0.2, 0.25) is 0 Å². The van der Waals surface area contributed by atoms with Gasteiger partial charge in [0.1, 0.15) is 6.04 Å². The summed E-state index contributed by atoms with van der Waals surface area (Å²) in [5.41, 5.74) is 11.1. The van der Waals surface area contributed by atoms with Crippen LogP contribution in [0.15, 0.2) is 4.99 Å². The SMILES string of the molecule is CCN(CC)C(N)=NCCC[C@@H](N)C(=O)O. The maximum absolute atomic E-state index is 10.4. The fourth-order valence-electron chi connectivity index (χ4n) is 1.28. The molecule has 0 bridgehead atoms. The van der Waals surface area contributed by atoms with E-state index in [2.05, 4.69) is 4.99 Å². The number of carboxylic acid groups (broad SMARTS) is 1. The highest BCUT2D eigenvalue weighted by Gasteiger charge is 2.10. The molecule has 6 heteroatoms. The number of rotatable bonds is 7. The van der Waals surface area contributed by atoms with E-state index in [4.69, 9.17) is 16.6 Å². The van der Waals surface area contributed by atoms with Crippen LogP contribution in [-0.2, 0) is 4.79 Å². The Balaban J connectivity index is 3.86. The zero-order valence-corrected chi connectivity index (χ0v) is 10.0. The number of aliphatic carboxylic acids is 1. The lowest BCUT2D eigenvalue weighted by Gasteiger charge is -2.19. The highest BCUT2D eigenvalue weighted by atomic mass is 16.4. The third-order valence-corrected chi connectivity index (χ3v) is 2.35. The molecule has 0 aromatic heterocycles. The average Bonchev–Trinajstić information content (AvgIpc) is 2.25. The molecule has 0 heterocycles. The van der Waals surface area contributed by atoms with Gasteiger partial charge >= 0.3 is 5.97 Å². The number of nitrogens with two attached hydrogens (primary N) is 2. The largest absolute Gasteiger partial charge is 0.480 e. The van der Waals surface area contributed by atoms with Crippen LogP contribution in [0.3, 0.4) is 0 Å². The fourth-order valence-corrected chi connectivity index (χ4v) is 1.28. The first-order chi connectivity index (χ1) is 7.52. The minimum Gasteiger partial charge on any atom is -0.480 e. The summed E-state index contributed by atoms with van der Waals surface area (Å²) in [6, 6.07) is -0.801. The van der Waals surface area contributed by atoms with Crippen LogP contribution in [-0.4, -0.2) is 47.6 Å². The summed E-state index contributed by atoms with van der Waals surface area (Å²) in [6.07, 6.45) is 1.06. The molecular weight excluding hydrogens is 208 g/mol. The van der Waals surface area contributed by atoms with Crippen LogP contribution < -0.4 is 11.5 Å². The zero-order valence-electron chi connectivity index (χ0n) is 10.0. The summed E-state index contributed by atoms with van der Waals surface area (Å²) >= 11 is 0. The van der Waals surface area contributed by atoms with Crippen LogP contribution in [0.1, 0.15) is 26.7 Å². The molecule has 0 rings (SSSR count). The maximum Gasteiger partial charge on any atom is 0.320 e. The maximum atomic E-state index is 10.4. The molecule has 0 unspecified atom stereocenters. The molecule has 0 spiro atoms. The van der Waals surface area contributed by atoms with Crippen molar-refractivity contribution in [2.24, 2.45) is 16.5 Å². The predicted octanol–water partition coefficient (Wildman–Crippen LogP) is -0.165. The fraction of sp³-hybridized carbons (Fsp3) is 0.800. The number of hydrogen-bond acceptors (Lipinski definition) is 3. The standard InChI is InChI=1S/C10H22N4O2/c1-3-14(4-2)10(12)13-7-5-6-8(11)9(15)16/h8H,3-7,11H2,1-2H3,(H2,12,13)(H,15,16)/t8-/m1/s1. The minimum atomic E-state index is -0.972. The van der Waals surface area contributed by atoms with Gasteiger partial charge in [-0.1, -0.05) is 0 Å². The van der Waals surface area contributed by atoms with Crippen LogP contribution in [0.5, 0.6) is 0 Å². The van der Waals surface area contributed by atoms with E-state index >= 15 is 0 Å². The molecule has 94 valence electrons. The Morgan fingerprint density at radius 2 is 2.00 bits per heavy atom. The Labute approximate surface area is 96.3 Å². The van der Waals surface area contributed by atoms with Crippen LogP contribution >= 0.6 is 0 Å². The van der Waals surface area contributed by atoms with Crippen LogP contribution in [0.2, 0.25) is 0 Å². The molecule has 0 saturated carbocycles. The van der Waals surface area contributed by atoms with Crippen molar-refractivity contribution in [1.82, 2.24) is 4.90 Å². The quantitative estimate of drug-likeness (QED) is 0.320. The topological polar surface area (TPSA) is 105 Å². The molecule has 0 fully saturated rings. The lowest BCUT2D eigenvalue weighted by Crippen LogP contribution is -2.37. The third kappa shape index (κ3) is 5.55. The molecule has 1 atom stereocenters. The first kappa shape index (κ1) is 14.7. The summed E-state index contributed by atoms with van der Waals surface area (Å²) in [5.74, 6) is -0.463. The molecule has 5 N–H and O–H groups in total. The van der Waals surface area contributed by atoms with Crippen molar-refractivity contribution in [1.29, 1.82) is 0 Å². The van der Waals surface area contributed by atoms with Gasteiger partial charge in [0.05, 0.1) is 0 Å². The molecule has 0 saturated heterocycles. The number of hydrogen-bond donors (Lipinski definition) is 3. The monoisotopic (exact) mass is 230 g/mol. The average molecular weight is 230 g/mol. The lowest BCUT2D eigenvalue weighted by atomic mass is 10.2. The van der Waals surface area contributed by atoms with Crippen molar-refractivity contribution in [3.05, 3.63) is 0 Å². The van der Waals surface area contributed by atoms with Gasteiger partial charge in [0.15, 0.2) is 5.96 Å². The summed E-state index contributed by atoms with van der Waals surface area (Å²) in [7, 11) is 0. The van der Waals surface area contributed by atoms with Gasteiger partial charge < -0.3 is 21.5 Å². The highest BCUT2D eigenvalue weighted by Crippen LogP contribution is 1.96. The van der Waals surface area contributed by atoms with E-state index in [9.17, 15) is 4.79 Å². The smallest absolute Gasteiger partial charge is 0.320 e. The molecule has 0 aliphatic carbocycles. The van der Waals surface area contributed by atoms with Gasteiger partial charge in [-0.15, -0.1) is 0 Å². The van der Waals surface area contributed by atoms with Gasteiger partial charge in [0, 0.05) is 19.6 Å². The Morgan fingerprint density at radius 1 is 1.44 bits per heavy atom. The molecule has 16 heavy (non-hydrogen) atoms. The second-order valence-corrected chi connectivity index (χ2v) is 3.50. The Kier molecular flexibility index (Phi) is 7.28. The van der Waals surface area contributed by atoms with Crippen molar-refractivity contribution in [3.63, 3.8) is 0 Å². The Morgan fingerprint density at radius 3 is 2.44 bits per heavy atom.